The minimum Gasteiger partial charge on any atom is -0.496 e. The standard InChI is InChI=1S/C27H27F2N3O5/c1-36-23-16-24(37-18-11-6-3-7-12-18)22(15-19(23)26(33)34)32(17-9-4-2-5-10-17)31-27(35)30-25-20(28)13-8-14-21(25)29/h3,6-8,11-17H,2,4-5,9-10H2,1H3,(H,33,34)(H2,30,31,35). The fourth-order valence-corrected chi connectivity index (χ4v) is 4.33. The zero-order valence-electron chi connectivity index (χ0n) is 20.2. The van der Waals surface area contributed by atoms with Gasteiger partial charge in [0.1, 0.15) is 40.1 Å². The summed E-state index contributed by atoms with van der Waals surface area (Å²) in [5.74, 6) is -2.30. The highest BCUT2D eigenvalue weighted by atomic mass is 19.1. The van der Waals surface area contributed by atoms with E-state index in [-0.39, 0.29) is 28.8 Å². The third-order valence-corrected chi connectivity index (χ3v) is 6.11. The number of hydrazine groups is 1. The molecule has 194 valence electrons. The largest absolute Gasteiger partial charge is 0.496 e. The molecule has 0 atom stereocenters. The summed E-state index contributed by atoms with van der Waals surface area (Å²) < 4.78 is 39.7. The number of ether oxygens (including phenoxy) is 2. The molecule has 1 aliphatic carbocycles. The van der Waals surface area contributed by atoms with E-state index < -0.39 is 29.3 Å². The van der Waals surface area contributed by atoms with Crippen molar-refractivity contribution in [3.8, 4) is 17.2 Å². The van der Waals surface area contributed by atoms with Crippen molar-refractivity contribution < 1.29 is 33.0 Å². The molecular formula is C27H27F2N3O5. The summed E-state index contributed by atoms with van der Waals surface area (Å²) in [6.45, 7) is 0. The fourth-order valence-electron chi connectivity index (χ4n) is 4.33. The van der Waals surface area contributed by atoms with Crippen molar-refractivity contribution >= 4 is 23.4 Å². The van der Waals surface area contributed by atoms with Gasteiger partial charge in [0.2, 0.25) is 0 Å². The van der Waals surface area contributed by atoms with Gasteiger partial charge in [-0.25, -0.2) is 23.8 Å². The second-order valence-corrected chi connectivity index (χ2v) is 8.56. The third-order valence-electron chi connectivity index (χ3n) is 6.11. The summed E-state index contributed by atoms with van der Waals surface area (Å²) in [5.41, 5.74) is 2.20. The number of carbonyl (C=O) groups is 2. The molecule has 0 radical (unpaired) electrons. The fraction of sp³-hybridized carbons (Fsp3) is 0.259. The van der Waals surface area contributed by atoms with E-state index in [1.807, 2.05) is 6.07 Å². The van der Waals surface area contributed by atoms with Crippen molar-refractivity contribution in [2.45, 2.75) is 38.1 Å². The third kappa shape index (κ3) is 6.08. The Balaban J connectivity index is 1.76. The van der Waals surface area contributed by atoms with Crippen LogP contribution in [0.3, 0.4) is 0 Å². The van der Waals surface area contributed by atoms with E-state index in [1.54, 1.807) is 24.3 Å². The van der Waals surface area contributed by atoms with E-state index in [9.17, 15) is 23.5 Å². The predicted octanol–water partition coefficient (Wildman–Crippen LogP) is 6.34. The van der Waals surface area contributed by atoms with Gasteiger partial charge in [-0.3, -0.25) is 5.01 Å². The van der Waals surface area contributed by atoms with Gasteiger partial charge < -0.3 is 19.9 Å². The molecule has 1 saturated carbocycles. The van der Waals surface area contributed by atoms with Crippen LogP contribution in [0, 0.1) is 11.6 Å². The Morgan fingerprint density at radius 2 is 1.62 bits per heavy atom. The maximum atomic E-state index is 14.2. The van der Waals surface area contributed by atoms with Gasteiger partial charge in [0.15, 0.2) is 5.75 Å². The number of methoxy groups -OCH3 is 1. The number of hydrogen-bond donors (Lipinski definition) is 3. The van der Waals surface area contributed by atoms with Crippen LogP contribution in [0.2, 0.25) is 0 Å². The molecule has 2 amide bonds. The number of nitrogens with one attached hydrogen (secondary N) is 2. The Bertz CT molecular complexity index is 1250. The van der Waals surface area contributed by atoms with Crippen LogP contribution >= 0.6 is 0 Å². The molecule has 0 saturated heterocycles. The number of para-hydroxylation sites is 2. The van der Waals surface area contributed by atoms with Crippen LogP contribution in [0.4, 0.5) is 25.0 Å². The average molecular weight is 512 g/mol. The molecule has 1 fully saturated rings. The number of benzene rings is 3. The number of anilines is 2. The lowest BCUT2D eigenvalue weighted by Gasteiger charge is -2.37. The molecule has 4 rings (SSSR count). The molecule has 3 aromatic rings. The highest BCUT2D eigenvalue weighted by molar-refractivity contribution is 5.94. The van der Waals surface area contributed by atoms with E-state index in [4.69, 9.17) is 9.47 Å². The molecule has 0 aliphatic heterocycles. The van der Waals surface area contributed by atoms with E-state index >= 15 is 0 Å². The number of urea groups is 1. The molecule has 0 spiro atoms. The van der Waals surface area contributed by atoms with Gasteiger partial charge in [0.25, 0.3) is 0 Å². The summed E-state index contributed by atoms with van der Waals surface area (Å²) in [5, 5.41) is 13.5. The van der Waals surface area contributed by atoms with Crippen molar-refractivity contribution in [3.63, 3.8) is 0 Å². The first-order valence-electron chi connectivity index (χ1n) is 11.9. The second kappa shape index (κ2) is 11.6. The number of amides is 2. The van der Waals surface area contributed by atoms with Crippen molar-refractivity contribution in [1.82, 2.24) is 5.43 Å². The van der Waals surface area contributed by atoms with E-state index in [0.717, 1.165) is 31.4 Å². The topological polar surface area (TPSA) is 100 Å². The monoisotopic (exact) mass is 511 g/mol. The number of carboxylic acid groups (broad SMARTS) is 1. The van der Waals surface area contributed by atoms with Crippen molar-refractivity contribution in [3.05, 3.63) is 77.9 Å². The van der Waals surface area contributed by atoms with Crippen molar-refractivity contribution in [2.24, 2.45) is 0 Å². The molecule has 37 heavy (non-hydrogen) atoms. The summed E-state index contributed by atoms with van der Waals surface area (Å²) in [7, 11) is 1.35. The lowest BCUT2D eigenvalue weighted by molar-refractivity contribution is 0.0693. The highest BCUT2D eigenvalue weighted by Gasteiger charge is 2.29. The Morgan fingerprint density at radius 3 is 2.24 bits per heavy atom. The summed E-state index contributed by atoms with van der Waals surface area (Å²) in [6, 6.07) is 13.8. The molecule has 0 bridgehead atoms. The summed E-state index contributed by atoms with van der Waals surface area (Å²) >= 11 is 0. The van der Waals surface area contributed by atoms with E-state index in [0.29, 0.717) is 18.6 Å². The van der Waals surface area contributed by atoms with Crippen LogP contribution in [-0.4, -0.2) is 30.3 Å². The normalized spacial score (nSPS) is 13.5. The van der Waals surface area contributed by atoms with Gasteiger partial charge >= 0.3 is 12.0 Å². The van der Waals surface area contributed by atoms with Crippen LogP contribution in [0.25, 0.3) is 0 Å². The van der Waals surface area contributed by atoms with Crippen LogP contribution < -0.4 is 25.2 Å². The first kappa shape index (κ1) is 25.7. The lowest BCUT2D eigenvalue weighted by atomic mass is 9.94. The first-order valence-corrected chi connectivity index (χ1v) is 11.9. The zero-order valence-corrected chi connectivity index (χ0v) is 20.2. The Labute approximate surface area is 212 Å². The van der Waals surface area contributed by atoms with Gasteiger partial charge in [-0.15, -0.1) is 0 Å². The maximum Gasteiger partial charge on any atom is 0.339 e. The number of rotatable bonds is 8. The van der Waals surface area contributed by atoms with Gasteiger partial charge in [0, 0.05) is 6.07 Å². The molecule has 0 unspecified atom stereocenters. The molecule has 0 heterocycles. The first-order chi connectivity index (χ1) is 17.9. The van der Waals surface area contributed by atoms with Crippen LogP contribution in [0.1, 0.15) is 42.5 Å². The van der Waals surface area contributed by atoms with Gasteiger partial charge in [-0.1, -0.05) is 43.5 Å². The molecule has 0 aromatic heterocycles. The SMILES string of the molecule is COc1cc(Oc2ccccc2)c(N(NC(=O)Nc2c(F)cccc2F)C2CCCCC2)cc1C(=O)O. The number of aromatic carboxylic acids is 1. The summed E-state index contributed by atoms with van der Waals surface area (Å²) in [4.78, 5) is 25.0. The summed E-state index contributed by atoms with van der Waals surface area (Å²) in [6.07, 6.45) is 4.21. The minimum atomic E-state index is -1.23. The van der Waals surface area contributed by atoms with Crippen LogP contribution in [0.5, 0.6) is 17.2 Å². The second-order valence-electron chi connectivity index (χ2n) is 8.56. The average Bonchev–Trinajstić information content (AvgIpc) is 2.90. The number of halogens is 2. The Morgan fingerprint density at radius 1 is 0.946 bits per heavy atom. The highest BCUT2D eigenvalue weighted by Crippen LogP contribution is 2.40. The van der Waals surface area contributed by atoms with E-state index in [2.05, 4.69) is 10.7 Å². The number of nitrogens with zero attached hydrogens (tertiary/aromatic N) is 1. The van der Waals surface area contributed by atoms with Crippen LogP contribution in [0.15, 0.2) is 60.7 Å². The van der Waals surface area contributed by atoms with Gasteiger partial charge in [-0.05, 0) is 43.2 Å². The lowest BCUT2D eigenvalue weighted by Crippen LogP contribution is -2.51. The molecular weight excluding hydrogens is 484 g/mol. The molecule has 3 N–H and O–H groups in total. The number of carbonyl (C=O) groups excluding carboxylic acids is 1. The van der Waals surface area contributed by atoms with Crippen LogP contribution in [-0.2, 0) is 0 Å². The van der Waals surface area contributed by atoms with Crippen molar-refractivity contribution in [1.29, 1.82) is 0 Å². The molecule has 8 nitrogen and oxygen atoms in total. The molecule has 3 aromatic carbocycles. The number of hydrogen-bond acceptors (Lipinski definition) is 5. The molecule has 10 heteroatoms. The van der Waals surface area contributed by atoms with E-state index in [1.165, 1.54) is 30.3 Å². The molecule has 1 aliphatic rings. The Kier molecular flexibility index (Phi) is 8.07. The predicted molar refractivity (Wildman–Crippen MR) is 134 cm³/mol. The minimum absolute atomic E-state index is 0.0728. The zero-order chi connectivity index (χ0) is 26.4. The quantitative estimate of drug-likeness (QED) is 0.305. The van der Waals surface area contributed by atoms with Crippen molar-refractivity contribution in [2.75, 3.05) is 17.4 Å². The van der Waals surface area contributed by atoms with Gasteiger partial charge in [0.05, 0.1) is 13.2 Å². The maximum absolute atomic E-state index is 14.2. The van der Waals surface area contributed by atoms with Gasteiger partial charge in [-0.2, -0.15) is 0 Å². The number of carboxylic acids is 1. The Hall–Kier alpha value is -4.34. The smallest absolute Gasteiger partial charge is 0.339 e.